The van der Waals surface area contributed by atoms with Crippen molar-refractivity contribution >= 4 is 30.3 Å². The molecule has 0 amide bonds. The molecule has 27 heavy (non-hydrogen) atoms. The van der Waals surface area contributed by atoms with Crippen molar-refractivity contribution in [1.29, 1.82) is 0 Å². The Kier molecular flexibility index (Phi) is 6.41. The van der Waals surface area contributed by atoms with E-state index in [1.54, 1.807) is 31.7 Å². The quantitative estimate of drug-likeness (QED) is 0.303. The molecule has 2 aliphatic heterocycles. The van der Waals surface area contributed by atoms with Crippen LogP contribution in [0.4, 0.5) is 0 Å². The second kappa shape index (κ2) is 8.77. The smallest absolute Gasteiger partial charge is 0.346 e. The lowest BCUT2D eigenvalue weighted by molar-refractivity contribution is -0.128. The molecule has 0 unspecified atom stereocenters. The molecule has 0 aliphatic carbocycles. The standard InChI is InChI=1S/C19H23NO6S/c1-19(2)25-17-14(5-9-24-13-21)3-4-15(16(17)18(22)26-19)27-12-8-20-6-10-23-11-7-20/h3-5,9,13H,6-8,10-12H2,1-2H3/b9-5-. The summed E-state index contributed by atoms with van der Waals surface area (Å²) in [4.78, 5) is 26.1. The van der Waals surface area contributed by atoms with Crippen LogP contribution in [0.3, 0.4) is 0 Å². The molecule has 0 saturated carbocycles. The first kappa shape index (κ1) is 19.7. The summed E-state index contributed by atoms with van der Waals surface area (Å²) < 4.78 is 21.3. The molecule has 0 spiro atoms. The van der Waals surface area contributed by atoms with E-state index in [4.69, 9.17) is 14.2 Å². The first-order valence-corrected chi connectivity index (χ1v) is 9.76. The highest BCUT2D eigenvalue weighted by Crippen LogP contribution is 2.40. The van der Waals surface area contributed by atoms with Crippen LogP contribution < -0.4 is 4.74 Å². The molecular weight excluding hydrogens is 370 g/mol. The lowest BCUT2D eigenvalue weighted by Crippen LogP contribution is -2.39. The van der Waals surface area contributed by atoms with Crippen LogP contribution >= 0.6 is 11.8 Å². The topological polar surface area (TPSA) is 74.3 Å². The average molecular weight is 393 g/mol. The van der Waals surface area contributed by atoms with E-state index in [-0.39, 0.29) is 0 Å². The van der Waals surface area contributed by atoms with Crippen molar-refractivity contribution in [3.05, 3.63) is 29.5 Å². The van der Waals surface area contributed by atoms with Gasteiger partial charge in [-0.25, -0.2) is 4.79 Å². The minimum Gasteiger partial charge on any atom is -0.451 e. The van der Waals surface area contributed by atoms with E-state index in [9.17, 15) is 9.59 Å². The molecule has 0 aromatic heterocycles. The molecule has 1 aromatic carbocycles. The molecule has 1 saturated heterocycles. The SMILES string of the molecule is CC1(C)OC(=O)c2c(SCCN3CCOCC3)ccc(/C=C\OC=O)c2O1. The molecule has 0 atom stereocenters. The fourth-order valence-electron chi connectivity index (χ4n) is 2.93. The third-order valence-corrected chi connectivity index (χ3v) is 5.23. The number of esters is 1. The van der Waals surface area contributed by atoms with E-state index in [0.717, 1.165) is 43.5 Å². The predicted molar refractivity (Wildman–Crippen MR) is 101 cm³/mol. The maximum Gasteiger partial charge on any atom is 0.346 e. The van der Waals surface area contributed by atoms with Crippen LogP contribution in [0, 0.1) is 0 Å². The van der Waals surface area contributed by atoms with Crippen molar-refractivity contribution in [2.45, 2.75) is 24.5 Å². The van der Waals surface area contributed by atoms with Gasteiger partial charge in [-0.3, -0.25) is 9.69 Å². The fraction of sp³-hybridized carbons (Fsp3) is 0.474. The van der Waals surface area contributed by atoms with Crippen LogP contribution in [-0.2, 0) is 19.0 Å². The number of nitrogens with zero attached hydrogens (tertiary/aromatic N) is 1. The number of ether oxygens (including phenoxy) is 4. The van der Waals surface area contributed by atoms with E-state index < -0.39 is 11.8 Å². The Hall–Kier alpha value is -2.03. The van der Waals surface area contributed by atoms with Crippen LogP contribution in [0.5, 0.6) is 5.75 Å². The number of carbonyl (C=O) groups excluding carboxylic acids is 2. The molecule has 1 aromatic rings. The Morgan fingerprint density at radius 2 is 2.04 bits per heavy atom. The monoisotopic (exact) mass is 393 g/mol. The summed E-state index contributed by atoms with van der Waals surface area (Å²) in [5.74, 6) is -0.193. The maximum atomic E-state index is 12.6. The zero-order chi connectivity index (χ0) is 19.3. The first-order chi connectivity index (χ1) is 13.0. The van der Waals surface area contributed by atoms with E-state index in [1.165, 1.54) is 6.26 Å². The van der Waals surface area contributed by atoms with Gasteiger partial charge in [0.1, 0.15) is 11.3 Å². The van der Waals surface area contributed by atoms with Crippen LogP contribution in [0.15, 0.2) is 23.3 Å². The van der Waals surface area contributed by atoms with Gasteiger partial charge in [-0.05, 0) is 18.2 Å². The molecule has 7 nitrogen and oxygen atoms in total. The number of hydrogen-bond acceptors (Lipinski definition) is 8. The third kappa shape index (κ3) is 5.03. The largest absolute Gasteiger partial charge is 0.451 e. The van der Waals surface area contributed by atoms with Crippen LogP contribution in [0.1, 0.15) is 29.8 Å². The molecule has 2 heterocycles. The normalized spacial score (nSPS) is 19.3. The highest BCUT2D eigenvalue weighted by atomic mass is 32.2. The zero-order valence-corrected chi connectivity index (χ0v) is 16.3. The lowest BCUT2D eigenvalue weighted by atomic mass is 10.1. The zero-order valence-electron chi connectivity index (χ0n) is 15.4. The minimum absolute atomic E-state index is 0.331. The van der Waals surface area contributed by atoms with Gasteiger partial charge in [0.05, 0.1) is 19.5 Å². The molecule has 8 heteroatoms. The van der Waals surface area contributed by atoms with E-state index >= 15 is 0 Å². The number of rotatable bonds is 7. The summed E-state index contributed by atoms with van der Waals surface area (Å²) in [6, 6.07) is 3.71. The summed E-state index contributed by atoms with van der Waals surface area (Å²) in [5, 5.41) is 0. The Morgan fingerprint density at radius 1 is 1.26 bits per heavy atom. The number of carbonyl (C=O) groups is 2. The van der Waals surface area contributed by atoms with Crippen molar-refractivity contribution in [2.75, 3.05) is 38.6 Å². The summed E-state index contributed by atoms with van der Waals surface area (Å²) in [6.07, 6.45) is 2.84. The molecule has 3 rings (SSSR count). The first-order valence-electron chi connectivity index (χ1n) is 8.78. The highest BCUT2D eigenvalue weighted by Gasteiger charge is 2.37. The lowest BCUT2D eigenvalue weighted by Gasteiger charge is -2.33. The van der Waals surface area contributed by atoms with E-state index in [0.29, 0.717) is 23.3 Å². The molecule has 0 N–H and O–H groups in total. The van der Waals surface area contributed by atoms with Crippen molar-refractivity contribution in [1.82, 2.24) is 4.90 Å². The third-order valence-electron chi connectivity index (χ3n) is 4.19. The van der Waals surface area contributed by atoms with Gasteiger partial charge in [0, 0.05) is 49.7 Å². The summed E-state index contributed by atoms with van der Waals surface area (Å²) in [7, 11) is 0. The number of thioether (sulfide) groups is 1. The minimum atomic E-state index is -1.06. The van der Waals surface area contributed by atoms with Crippen molar-refractivity contribution < 1.29 is 28.5 Å². The van der Waals surface area contributed by atoms with Crippen LogP contribution in [0.25, 0.3) is 6.08 Å². The van der Waals surface area contributed by atoms with Gasteiger partial charge in [-0.2, -0.15) is 0 Å². The summed E-state index contributed by atoms with van der Waals surface area (Å²) >= 11 is 1.59. The van der Waals surface area contributed by atoms with Crippen LogP contribution in [-0.4, -0.2) is 61.7 Å². The molecular formula is C19H23NO6S. The number of benzene rings is 1. The second-order valence-corrected chi connectivity index (χ2v) is 7.72. The van der Waals surface area contributed by atoms with Gasteiger partial charge in [0.25, 0.3) is 6.47 Å². The Balaban J connectivity index is 1.80. The van der Waals surface area contributed by atoms with E-state index in [1.807, 2.05) is 12.1 Å². The van der Waals surface area contributed by atoms with Gasteiger partial charge in [-0.15, -0.1) is 11.8 Å². The predicted octanol–water partition coefficient (Wildman–Crippen LogP) is 2.54. The number of hydrogen-bond donors (Lipinski definition) is 0. The van der Waals surface area contributed by atoms with Gasteiger partial charge < -0.3 is 18.9 Å². The van der Waals surface area contributed by atoms with Crippen molar-refractivity contribution in [3.63, 3.8) is 0 Å². The Morgan fingerprint density at radius 3 is 2.78 bits per heavy atom. The molecule has 146 valence electrons. The van der Waals surface area contributed by atoms with Gasteiger partial charge in [0.15, 0.2) is 0 Å². The molecule has 2 aliphatic rings. The van der Waals surface area contributed by atoms with Gasteiger partial charge >= 0.3 is 5.97 Å². The number of cyclic esters (lactones) is 1. The van der Waals surface area contributed by atoms with E-state index in [2.05, 4.69) is 9.64 Å². The van der Waals surface area contributed by atoms with Gasteiger partial charge in [0.2, 0.25) is 5.79 Å². The van der Waals surface area contributed by atoms with Crippen LogP contribution in [0.2, 0.25) is 0 Å². The molecule has 0 bridgehead atoms. The van der Waals surface area contributed by atoms with Crippen molar-refractivity contribution in [3.8, 4) is 5.75 Å². The van der Waals surface area contributed by atoms with Crippen molar-refractivity contribution in [2.24, 2.45) is 0 Å². The van der Waals surface area contributed by atoms with Gasteiger partial charge in [-0.1, -0.05) is 0 Å². The summed E-state index contributed by atoms with van der Waals surface area (Å²) in [5.41, 5.74) is 1.06. The second-order valence-electron chi connectivity index (χ2n) is 6.59. The maximum absolute atomic E-state index is 12.6. The molecule has 1 fully saturated rings. The average Bonchev–Trinajstić information content (AvgIpc) is 2.63. The highest BCUT2D eigenvalue weighted by molar-refractivity contribution is 7.99. The Bertz CT molecular complexity index is 727. The summed E-state index contributed by atoms with van der Waals surface area (Å²) in [6.45, 7) is 8.00. The number of morpholine rings is 1. The molecule has 0 radical (unpaired) electrons. The Labute approximate surface area is 162 Å². The fourth-order valence-corrected chi connectivity index (χ4v) is 3.98. The number of fused-ring (bicyclic) bond motifs is 1.